The molecule has 4 nitrogen and oxygen atoms in total. The molecule has 0 fully saturated rings. The van der Waals surface area contributed by atoms with E-state index in [0.717, 1.165) is 12.0 Å². The molecule has 2 atom stereocenters. The van der Waals surface area contributed by atoms with Gasteiger partial charge < -0.3 is 11.1 Å². The number of sulfone groups is 1. The normalized spacial score (nSPS) is 25.3. The van der Waals surface area contributed by atoms with E-state index < -0.39 is 15.1 Å². The number of nitrogens with one attached hydrogen (secondary N) is 1. The Morgan fingerprint density at radius 3 is 2.72 bits per heavy atom. The molecule has 0 saturated heterocycles. The molecule has 0 aliphatic carbocycles. The molecule has 3 N–H and O–H groups in total. The van der Waals surface area contributed by atoms with Gasteiger partial charge >= 0.3 is 0 Å². The second-order valence-electron chi connectivity index (χ2n) is 4.78. The van der Waals surface area contributed by atoms with Gasteiger partial charge in [0.15, 0.2) is 9.84 Å². The van der Waals surface area contributed by atoms with E-state index in [4.69, 9.17) is 5.73 Å². The smallest absolute Gasteiger partial charge is 0.185 e. The number of benzene rings is 1. The highest BCUT2D eigenvalue weighted by Crippen LogP contribution is 2.34. The fraction of sp³-hybridized carbons (Fsp3) is 0.538. The highest BCUT2D eigenvalue weighted by Gasteiger charge is 2.37. The van der Waals surface area contributed by atoms with Gasteiger partial charge in [-0.2, -0.15) is 0 Å². The Balaban J connectivity index is 2.53. The third kappa shape index (κ3) is 2.12. The van der Waals surface area contributed by atoms with Crippen LogP contribution in [0.1, 0.15) is 25.8 Å². The molecule has 0 bridgehead atoms. The summed E-state index contributed by atoms with van der Waals surface area (Å²) in [6.45, 7) is 4.30. The van der Waals surface area contributed by atoms with Crippen LogP contribution in [0.2, 0.25) is 0 Å². The van der Waals surface area contributed by atoms with Gasteiger partial charge in [-0.1, -0.05) is 13.0 Å². The molecule has 2 unspecified atom stereocenters. The molecule has 1 aromatic rings. The summed E-state index contributed by atoms with van der Waals surface area (Å²) in [7, 11) is -3.27. The first-order valence-electron chi connectivity index (χ1n) is 6.34. The number of anilines is 1. The summed E-state index contributed by atoms with van der Waals surface area (Å²) in [5.41, 5.74) is 7.28. The zero-order chi connectivity index (χ0) is 13.3. The Labute approximate surface area is 108 Å². The van der Waals surface area contributed by atoms with E-state index in [1.165, 1.54) is 0 Å². The number of hydrogen-bond donors (Lipinski definition) is 2. The molecule has 0 saturated carbocycles. The molecule has 5 heteroatoms. The van der Waals surface area contributed by atoms with E-state index in [1.54, 1.807) is 6.07 Å². The van der Waals surface area contributed by atoms with E-state index in [9.17, 15) is 8.42 Å². The van der Waals surface area contributed by atoms with E-state index >= 15 is 0 Å². The topological polar surface area (TPSA) is 72.2 Å². The molecule has 1 aliphatic heterocycles. The van der Waals surface area contributed by atoms with Crippen molar-refractivity contribution >= 4 is 15.5 Å². The van der Waals surface area contributed by atoms with Gasteiger partial charge in [0.2, 0.25) is 0 Å². The molecule has 2 rings (SSSR count). The van der Waals surface area contributed by atoms with Gasteiger partial charge in [0.05, 0.1) is 15.8 Å². The molecule has 1 aromatic carbocycles. The predicted molar refractivity (Wildman–Crippen MR) is 73.5 cm³/mol. The summed E-state index contributed by atoms with van der Waals surface area (Å²) in [5, 5.41) is 2.84. The summed E-state index contributed by atoms with van der Waals surface area (Å²) in [4.78, 5) is 0.429. The summed E-state index contributed by atoms with van der Waals surface area (Å²) >= 11 is 0. The van der Waals surface area contributed by atoms with Crippen molar-refractivity contribution in [2.24, 2.45) is 5.73 Å². The molecule has 1 heterocycles. The SMILES string of the molecule is CCc1ccc2c(c1)S(=O)(=O)C(CCN)C(C)N2. The lowest BCUT2D eigenvalue weighted by atomic mass is 10.1. The highest BCUT2D eigenvalue weighted by molar-refractivity contribution is 7.92. The molecule has 0 aromatic heterocycles. The van der Waals surface area contributed by atoms with Crippen LogP contribution in [-0.2, 0) is 16.3 Å². The van der Waals surface area contributed by atoms with Gasteiger partial charge in [0.1, 0.15) is 0 Å². The van der Waals surface area contributed by atoms with Gasteiger partial charge in [-0.25, -0.2) is 8.42 Å². The zero-order valence-corrected chi connectivity index (χ0v) is 11.6. The van der Waals surface area contributed by atoms with Crippen LogP contribution >= 0.6 is 0 Å². The van der Waals surface area contributed by atoms with Crippen LogP contribution in [0.3, 0.4) is 0 Å². The van der Waals surface area contributed by atoms with Crippen molar-refractivity contribution in [1.29, 1.82) is 0 Å². The average Bonchev–Trinajstić information content (AvgIpc) is 2.34. The van der Waals surface area contributed by atoms with Crippen LogP contribution in [0.5, 0.6) is 0 Å². The second kappa shape index (κ2) is 4.90. The fourth-order valence-electron chi connectivity index (χ4n) is 2.48. The monoisotopic (exact) mass is 268 g/mol. The summed E-state index contributed by atoms with van der Waals surface area (Å²) in [6.07, 6.45) is 1.33. The summed E-state index contributed by atoms with van der Waals surface area (Å²) in [6, 6.07) is 5.52. The third-order valence-corrected chi connectivity index (χ3v) is 5.94. The Hall–Kier alpha value is -1.07. The van der Waals surface area contributed by atoms with Crippen molar-refractivity contribution in [3.8, 4) is 0 Å². The molecular weight excluding hydrogens is 248 g/mol. The van der Waals surface area contributed by atoms with E-state index in [0.29, 0.717) is 23.5 Å². The summed E-state index contributed by atoms with van der Waals surface area (Å²) in [5.74, 6) is 0. The van der Waals surface area contributed by atoms with Crippen molar-refractivity contribution in [3.05, 3.63) is 23.8 Å². The maximum atomic E-state index is 12.6. The van der Waals surface area contributed by atoms with Gasteiger partial charge in [-0.3, -0.25) is 0 Å². The summed E-state index contributed by atoms with van der Waals surface area (Å²) < 4.78 is 25.2. The van der Waals surface area contributed by atoms with Crippen LogP contribution in [0.4, 0.5) is 5.69 Å². The maximum Gasteiger partial charge on any atom is 0.185 e. The number of aryl methyl sites for hydroxylation is 1. The Morgan fingerprint density at radius 2 is 2.11 bits per heavy atom. The molecular formula is C13H20N2O2S. The quantitative estimate of drug-likeness (QED) is 0.872. The van der Waals surface area contributed by atoms with Gasteiger partial charge in [-0.15, -0.1) is 0 Å². The Kier molecular flexibility index (Phi) is 3.64. The molecule has 0 radical (unpaired) electrons. The number of rotatable bonds is 3. The van der Waals surface area contributed by atoms with Crippen LogP contribution < -0.4 is 11.1 Å². The lowest BCUT2D eigenvalue weighted by molar-refractivity contribution is 0.548. The fourth-order valence-corrected chi connectivity index (χ4v) is 4.61. The molecule has 0 spiro atoms. The molecule has 0 amide bonds. The van der Waals surface area contributed by atoms with Crippen LogP contribution in [-0.4, -0.2) is 26.3 Å². The number of nitrogens with two attached hydrogens (primary N) is 1. The standard InChI is InChI=1S/C13H20N2O2S/c1-3-10-4-5-11-13(8-10)18(16,17)12(6-7-14)9(2)15-11/h4-5,8-9,12,15H,3,6-7,14H2,1-2H3. The van der Waals surface area contributed by atoms with Gasteiger partial charge in [0.25, 0.3) is 0 Å². The van der Waals surface area contributed by atoms with Crippen molar-refractivity contribution in [3.63, 3.8) is 0 Å². The first kappa shape index (κ1) is 13.4. The maximum absolute atomic E-state index is 12.6. The first-order valence-corrected chi connectivity index (χ1v) is 7.88. The van der Waals surface area contributed by atoms with Crippen molar-refractivity contribution in [1.82, 2.24) is 0 Å². The predicted octanol–water partition coefficient (Wildman–Crippen LogP) is 1.55. The lowest BCUT2D eigenvalue weighted by Crippen LogP contribution is -2.43. The minimum Gasteiger partial charge on any atom is -0.380 e. The first-order chi connectivity index (χ1) is 8.50. The molecule has 18 heavy (non-hydrogen) atoms. The van der Waals surface area contributed by atoms with Crippen molar-refractivity contribution in [2.75, 3.05) is 11.9 Å². The van der Waals surface area contributed by atoms with Crippen molar-refractivity contribution < 1.29 is 8.42 Å². The second-order valence-corrected chi connectivity index (χ2v) is 6.91. The van der Waals surface area contributed by atoms with Gasteiger partial charge in [0, 0.05) is 6.04 Å². The van der Waals surface area contributed by atoms with Crippen LogP contribution in [0, 0.1) is 0 Å². The van der Waals surface area contributed by atoms with E-state index in [2.05, 4.69) is 5.32 Å². The molecule has 1 aliphatic rings. The minimum atomic E-state index is -3.27. The average molecular weight is 268 g/mol. The van der Waals surface area contributed by atoms with E-state index in [-0.39, 0.29) is 6.04 Å². The number of hydrogen-bond acceptors (Lipinski definition) is 4. The number of fused-ring (bicyclic) bond motifs is 1. The third-order valence-electron chi connectivity index (χ3n) is 3.55. The Morgan fingerprint density at radius 1 is 1.39 bits per heavy atom. The van der Waals surface area contributed by atoms with Crippen LogP contribution in [0.25, 0.3) is 0 Å². The van der Waals surface area contributed by atoms with E-state index in [1.807, 2.05) is 26.0 Å². The molecule has 100 valence electrons. The highest BCUT2D eigenvalue weighted by atomic mass is 32.2. The zero-order valence-electron chi connectivity index (χ0n) is 10.8. The largest absolute Gasteiger partial charge is 0.380 e. The Bertz CT molecular complexity index is 540. The van der Waals surface area contributed by atoms with Gasteiger partial charge in [-0.05, 0) is 44.0 Å². The lowest BCUT2D eigenvalue weighted by Gasteiger charge is -2.32. The van der Waals surface area contributed by atoms with Crippen molar-refractivity contribution in [2.45, 2.75) is 42.9 Å². The minimum absolute atomic E-state index is 0.0986. The van der Waals surface area contributed by atoms with Crippen LogP contribution in [0.15, 0.2) is 23.1 Å².